The molecule has 1 saturated carbocycles. The molecule has 0 radical (unpaired) electrons. The van der Waals surface area contributed by atoms with Crippen molar-refractivity contribution in [3.63, 3.8) is 0 Å². The first-order valence-electron chi connectivity index (χ1n) is 28.1. The monoisotopic (exact) mass is 1190 g/mol. The number of piperidine rings is 1. The maximum atomic E-state index is 14.6. The van der Waals surface area contributed by atoms with Crippen molar-refractivity contribution in [3.8, 4) is 0 Å². The van der Waals surface area contributed by atoms with E-state index in [0.29, 0.717) is 56.9 Å². The molecule has 15 atom stereocenters. The van der Waals surface area contributed by atoms with Gasteiger partial charge in [0, 0.05) is 71.4 Å². The Kier molecular flexibility index (Phi) is 26.5. The lowest BCUT2D eigenvalue weighted by Gasteiger charge is -2.42. The molecule has 3 aliphatic heterocycles. The van der Waals surface area contributed by atoms with Gasteiger partial charge in [0.05, 0.1) is 18.3 Å². The number of esters is 1. The summed E-state index contributed by atoms with van der Waals surface area (Å²) in [6, 6.07) is -1.26. The van der Waals surface area contributed by atoms with Gasteiger partial charge in [0.15, 0.2) is 5.78 Å². The zero-order chi connectivity index (χ0) is 60.8. The summed E-state index contributed by atoms with van der Waals surface area (Å²) in [5.41, 5.74) is 1.14. The number of Topliss-reactive ketones (excluding diaryl/α,β-unsaturated/α-hetero) is 3. The zero-order valence-corrected chi connectivity index (χ0v) is 50.3. The summed E-state index contributed by atoms with van der Waals surface area (Å²) < 4.78 is 58.7. The number of cyclic esters (lactones) is 1. The maximum Gasteiger partial charge on any atom is 0.407 e. The lowest BCUT2D eigenvalue weighted by molar-refractivity contribution is -0.265. The van der Waals surface area contributed by atoms with Gasteiger partial charge in [-0.1, -0.05) is 71.1 Å². The summed E-state index contributed by atoms with van der Waals surface area (Å²) in [6.45, 7) is 11.9. The van der Waals surface area contributed by atoms with Crippen LogP contribution in [-0.2, 0) is 61.5 Å². The number of allylic oxidation sites excluding steroid dienone is 6. The van der Waals surface area contributed by atoms with E-state index in [1.54, 1.807) is 47.8 Å². The van der Waals surface area contributed by atoms with Gasteiger partial charge in [0.2, 0.25) is 5.79 Å². The summed E-state index contributed by atoms with van der Waals surface area (Å²) in [4.78, 5) is 123. The van der Waals surface area contributed by atoms with E-state index in [1.807, 2.05) is 44.2 Å². The van der Waals surface area contributed by atoms with Crippen LogP contribution in [0.4, 0.5) is 4.79 Å². The lowest BCUT2D eigenvalue weighted by atomic mass is 9.78. The highest BCUT2D eigenvalue weighted by Gasteiger charge is 2.59. The van der Waals surface area contributed by atoms with Gasteiger partial charge in [0.25, 0.3) is 16.8 Å². The van der Waals surface area contributed by atoms with E-state index < -0.39 is 135 Å². The minimum Gasteiger partial charge on any atom is -0.460 e. The van der Waals surface area contributed by atoms with Gasteiger partial charge >= 0.3 is 27.3 Å². The van der Waals surface area contributed by atoms with Crippen LogP contribution in [0, 0.1) is 35.5 Å². The normalized spacial score (nSPS) is 35.3. The Morgan fingerprint density at radius 3 is 2.17 bits per heavy atom. The van der Waals surface area contributed by atoms with Gasteiger partial charge in [-0.2, -0.15) is 0 Å². The lowest BCUT2D eigenvalue weighted by Crippen LogP contribution is -2.61. The summed E-state index contributed by atoms with van der Waals surface area (Å²) >= 11 is 0. The number of alkyl carbamates (subject to hydrolysis) is 1. The molecular weight excluding hydrogens is 1100 g/mol. The fourth-order valence-corrected chi connectivity index (χ4v) is 13.6. The summed E-state index contributed by atoms with van der Waals surface area (Å²) in [7, 11) is -7.08. The Morgan fingerprint density at radius 2 is 1.54 bits per heavy atom. The van der Waals surface area contributed by atoms with Crippen molar-refractivity contribution in [1.29, 1.82) is 0 Å². The molecule has 460 valence electrons. The van der Waals surface area contributed by atoms with Gasteiger partial charge in [-0.3, -0.25) is 28.3 Å². The summed E-state index contributed by atoms with van der Waals surface area (Å²) in [5, 5.41) is 32.4. The molecule has 8 N–H and O–H groups in total. The van der Waals surface area contributed by atoms with Gasteiger partial charge in [0.1, 0.15) is 36.2 Å². The smallest absolute Gasteiger partial charge is 0.407 e. The fraction of sp³-hybridized carbons (Fsp3) is 0.750. The van der Waals surface area contributed by atoms with Gasteiger partial charge in [-0.05, 0) is 113 Å². The second-order valence-corrected chi connectivity index (χ2v) is 26.9. The Hall–Kier alpha value is -3.80. The van der Waals surface area contributed by atoms with Crippen LogP contribution in [-0.4, -0.2) is 169 Å². The number of aliphatic hydroxyl groups is 3. The van der Waals surface area contributed by atoms with E-state index in [4.69, 9.17) is 28.4 Å². The molecule has 81 heavy (non-hydrogen) atoms. The highest BCUT2D eigenvalue weighted by Crippen LogP contribution is 2.69. The number of ether oxygens (including phenoxy) is 6. The number of nitrogens with one attached hydrogen (secondary N) is 1. The molecule has 0 aromatic rings. The van der Waals surface area contributed by atoms with Crippen LogP contribution in [0.3, 0.4) is 0 Å². The number of methoxy groups -OCH3 is 3. The number of carbonyl (C=O) groups is 6. The number of fused-ring (bicyclic) bond motifs is 3. The van der Waals surface area contributed by atoms with Crippen molar-refractivity contribution in [3.05, 3.63) is 47.6 Å². The molecule has 1 aliphatic carbocycles. The third-order valence-corrected chi connectivity index (χ3v) is 20.5. The van der Waals surface area contributed by atoms with Crippen molar-refractivity contribution in [2.24, 2.45) is 35.5 Å². The molecule has 3 fully saturated rings. The minimum atomic E-state index is -5.69. The largest absolute Gasteiger partial charge is 0.460 e. The van der Waals surface area contributed by atoms with Crippen LogP contribution in [0.1, 0.15) is 138 Å². The molecule has 0 unspecified atom stereocenters. The molecule has 23 nitrogen and oxygen atoms in total. The Morgan fingerprint density at radius 1 is 0.864 bits per heavy atom. The van der Waals surface area contributed by atoms with Gasteiger partial charge in [-0.15, -0.1) is 0 Å². The number of hydrogen-bond acceptors (Lipinski definition) is 17. The van der Waals surface area contributed by atoms with Gasteiger partial charge in [-0.25, -0.2) is 9.59 Å². The molecule has 0 spiro atoms. The number of nitrogens with zero attached hydrogens (tertiary/aromatic N) is 1. The van der Waals surface area contributed by atoms with Crippen molar-refractivity contribution in [2.75, 3.05) is 34.4 Å². The Balaban J connectivity index is 1.62. The average Bonchev–Trinajstić information content (AvgIpc) is 3.48. The van der Waals surface area contributed by atoms with Crippen LogP contribution in [0.15, 0.2) is 47.6 Å². The fourth-order valence-electron chi connectivity index (χ4n) is 11.4. The molecule has 0 aromatic carbocycles. The first-order valence-corrected chi connectivity index (χ1v) is 31.3. The number of rotatable bonds is 13. The van der Waals surface area contributed by atoms with E-state index in [0.717, 1.165) is 10.5 Å². The van der Waals surface area contributed by atoms with Crippen molar-refractivity contribution in [2.45, 2.75) is 198 Å². The predicted molar refractivity (Wildman–Crippen MR) is 296 cm³/mol. The first-order chi connectivity index (χ1) is 37.8. The number of carbonyl (C=O) groups excluding carboxylic acids is 6. The molecule has 2 bridgehead atoms. The summed E-state index contributed by atoms with van der Waals surface area (Å²) in [5.74, 6) is -9.24. The molecule has 2 amide bonds. The topological polar surface area (TPSA) is 349 Å². The third-order valence-electron chi connectivity index (χ3n) is 16.6. The molecule has 25 heteroatoms. The van der Waals surface area contributed by atoms with E-state index in [9.17, 15) is 72.8 Å². The van der Waals surface area contributed by atoms with Crippen molar-refractivity contribution in [1.82, 2.24) is 10.2 Å². The van der Waals surface area contributed by atoms with Crippen LogP contribution in [0.25, 0.3) is 0 Å². The Bertz CT molecular complexity index is 2380. The number of ketones is 3. The third kappa shape index (κ3) is 18.6. The zero-order valence-electron chi connectivity index (χ0n) is 48.5. The van der Waals surface area contributed by atoms with E-state index in [2.05, 4.69) is 5.32 Å². The SMILES string of the molecule is CO[C@H]1C[C@@H]2CC[C@@H](C)[C@@](O)(O2)C(=O)C(=O)N2CCCC[C@H]2C(=O)O[C@H]([C@H](C)C[C@@H]2CC[C@@H](OC(=O)NCCCC(O)(P(=O)(O)O)P(=O)(O)O)[C@H](OC)C2)CC(=O)[C@H](C)/C=C(\C)[C@@H](O)[C@@H](OC)C(=O)[C@H](C)C[C@H](C)\C=C/C=C/C=C/1C. The molecule has 2 saturated heterocycles. The molecular formula is C56H90N2O21P2. The number of amides is 2. The van der Waals surface area contributed by atoms with Crippen LogP contribution in [0.2, 0.25) is 0 Å². The number of hydrogen-bond donors (Lipinski definition) is 8. The molecule has 3 heterocycles. The second-order valence-electron chi connectivity index (χ2n) is 22.9. The maximum absolute atomic E-state index is 14.6. The van der Waals surface area contributed by atoms with Crippen LogP contribution >= 0.6 is 15.2 Å². The Labute approximate surface area is 475 Å². The standard InChI is InChI=1S/C56H90N2O21P2/c1-33-17-12-11-13-18-34(2)45(74-8)31-41-22-20-39(7)56(67,79-41)51(62)52(63)58-26-15-14-19-42(58)53(64)77-46(32-43(59)35(3)28-38(6)49(61)50(76-10)48(60)37(5)27-33)36(4)29-40-21-23-44(47(30-40)75-9)78-54(65)57-25-16-24-55(66,80(68,69)70)81(71,72)73/h11-13,17-18,28,33,35-37,39-42,44-47,49-50,61,66-67H,14-16,19-27,29-32H2,1-10H3,(H,57,65)(H2,68,69,70)(H2,71,72,73)/b13-11+,17-12-,34-18+,38-28+/t33-,35-,36-,37-,39-,40+,41+,42+,44-,45+,46+,47-,49-,50+,56-/m1/s1. The van der Waals surface area contributed by atoms with E-state index in [1.165, 1.54) is 14.2 Å². The highest BCUT2D eigenvalue weighted by atomic mass is 31.2. The molecule has 0 aromatic heterocycles. The second kappa shape index (κ2) is 30.8. The predicted octanol–water partition coefficient (Wildman–Crippen LogP) is 5.70. The first kappa shape index (κ1) is 69.7. The average molecular weight is 1190 g/mol. The molecule has 4 aliphatic rings. The van der Waals surface area contributed by atoms with E-state index in [-0.39, 0.29) is 62.2 Å². The quantitative estimate of drug-likeness (QED) is 0.0360. The molecule has 4 rings (SSSR count). The van der Waals surface area contributed by atoms with Crippen molar-refractivity contribution >= 4 is 50.5 Å². The van der Waals surface area contributed by atoms with Gasteiger partial charge < -0.3 is 73.5 Å². The number of aliphatic hydroxyl groups excluding tert-OH is 1. The van der Waals surface area contributed by atoms with Crippen LogP contribution < -0.4 is 5.32 Å². The minimum absolute atomic E-state index is 0.000230. The summed E-state index contributed by atoms with van der Waals surface area (Å²) in [6.07, 6.45) is 5.95. The van der Waals surface area contributed by atoms with E-state index >= 15 is 0 Å². The van der Waals surface area contributed by atoms with Crippen LogP contribution in [0.5, 0.6) is 0 Å². The highest BCUT2D eigenvalue weighted by molar-refractivity contribution is 7.72. The van der Waals surface area contributed by atoms with Crippen molar-refractivity contribution < 1.29 is 101 Å².